The summed E-state index contributed by atoms with van der Waals surface area (Å²) in [6.07, 6.45) is 0. The normalized spacial score (nSPS) is 23.1. The molecule has 1 aromatic carbocycles. The van der Waals surface area contributed by atoms with Crippen molar-refractivity contribution >= 4 is 27.5 Å². The van der Waals surface area contributed by atoms with Crippen LogP contribution < -0.4 is 11.1 Å². The quantitative estimate of drug-likeness (QED) is 0.877. The number of aryl methyl sites for hydroxylation is 2. The van der Waals surface area contributed by atoms with E-state index in [0.29, 0.717) is 13.2 Å². The van der Waals surface area contributed by atoms with Crippen molar-refractivity contribution in [3.63, 3.8) is 0 Å². The van der Waals surface area contributed by atoms with Crippen LogP contribution in [0.5, 0.6) is 0 Å². The number of nitrogens with one attached hydrogen (secondary N) is 1. The fourth-order valence-electron chi connectivity index (χ4n) is 2.09. The predicted octanol–water partition coefficient (Wildman–Crippen LogP) is 1.98. The van der Waals surface area contributed by atoms with E-state index in [0.717, 1.165) is 21.3 Å². The van der Waals surface area contributed by atoms with Gasteiger partial charge in [-0.05, 0) is 37.1 Å². The van der Waals surface area contributed by atoms with Gasteiger partial charge < -0.3 is 15.8 Å². The fraction of sp³-hybridized carbons (Fsp3) is 0.462. The van der Waals surface area contributed by atoms with E-state index in [2.05, 4.69) is 21.2 Å². The van der Waals surface area contributed by atoms with Crippen molar-refractivity contribution in [2.24, 2.45) is 11.7 Å². The smallest absolute Gasteiger partial charge is 0.231 e. The molecule has 1 fully saturated rings. The summed E-state index contributed by atoms with van der Waals surface area (Å²) in [6.45, 7) is 4.85. The zero-order valence-corrected chi connectivity index (χ0v) is 12.1. The highest BCUT2D eigenvalue weighted by Crippen LogP contribution is 2.25. The van der Waals surface area contributed by atoms with Gasteiger partial charge in [-0.2, -0.15) is 0 Å². The molecule has 2 rings (SSSR count). The monoisotopic (exact) mass is 312 g/mol. The Labute approximate surface area is 115 Å². The Kier molecular flexibility index (Phi) is 4.04. The van der Waals surface area contributed by atoms with Gasteiger partial charge in [-0.1, -0.05) is 15.9 Å². The molecule has 1 heterocycles. The van der Waals surface area contributed by atoms with Crippen molar-refractivity contribution in [1.82, 2.24) is 0 Å². The van der Waals surface area contributed by atoms with Gasteiger partial charge >= 0.3 is 0 Å². The molecule has 0 aliphatic carbocycles. The third-order valence-electron chi connectivity index (χ3n) is 3.17. The lowest BCUT2D eigenvalue weighted by atomic mass is 10.0. The maximum Gasteiger partial charge on any atom is 0.231 e. The minimum atomic E-state index is -0.255. The number of nitrogens with two attached hydrogens (primary N) is 1. The maximum absolute atomic E-state index is 12.0. The van der Waals surface area contributed by atoms with Crippen LogP contribution >= 0.6 is 15.9 Å². The van der Waals surface area contributed by atoms with Gasteiger partial charge in [-0.15, -0.1) is 0 Å². The number of ether oxygens (including phenoxy) is 1. The van der Waals surface area contributed by atoms with E-state index < -0.39 is 0 Å². The molecule has 1 aliphatic rings. The number of hydrogen-bond donors (Lipinski definition) is 2. The first-order chi connectivity index (χ1) is 8.49. The zero-order valence-electron chi connectivity index (χ0n) is 10.5. The molecule has 0 aromatic heterocycles. The zero-order chi connectivity index (χ0) is 13.3. The average Bonchev–Trinajstić information content (AvgIpc) is 2.72. The number of carbonyl (C=O) groups is 1. The van der Waals surface area contributed by atoms with Gasteiger partial charge in [0.1, 0.15) is 0 Å². The maximum atomic E-state index is 12.0. The van der Waals surface area contributed by atoms with Crippen molar-refractivity contribution < 1.29 is 9.53 Å². The van der Waals surface area contributed by atoms with Gasteiger partial charge in [0, 0.05) is 16.2 Å². The standard InChI is InChI=1S/C13H17BrN2O2/c1-7-3-9(4-8(2)12(7)14)16-13(17)10-5-18-6-11(10)15/h3-4,10-11H,5-6,15H2,1-2H3,(H,16,17). The van der Waals surface area contributed by atoms with E-state index >= 15 is 0 Å². The molecule has 0 radical (unpaired) electrons. The number of carbonyl (C=O) groups excluding carboxylic acids is 1. The van der Waals surface area contributed by atoms with E-state index in [1.807, 2.05) is 26.0 Å². The van der Waals surface area contributed by atoms with Crippen molar-refractivity contribution in [3.05, 3.63) is 27.7 Å². The third-order valence-corrected chi connectivity index (χ3v) is 4.42. The number of halogens is 1. The molecular weight excluding hydrogens is 296 g/mol. The molecule has 98 valence electrons. The highest BCUT2D eigenvalue weighted by molar-refractivity contribution is 9.10. The molecule has 18 heavy (non-hydrogen) atoms. The summed E-state index contributed by atoms with van der Waals surface area (Å²) in [5.74, 6) is -0.324. The van der Waals surface area contributed by atoms with E-state index in [9.17, 15) is 4.79 Å². The van der Waals surface area contributed by atoms with Crippen LogP contribution in [-0.4, -0.2) is 25.2 Å². The lowest BCUT2D eigenvalue weighted by Gasteiger charge is -2.14. The summed E-state index contributed by atoms with van der Waals surface area (Å²) < 4.78 is 6.27. The molecule has 0 saturated carbocycles. The van der Waals surface area contributed by atoms with E-state index in [-0.39, 0.29) is 17.9 Å². The van der Waals surface area contributed by atoms with Crippen molar-refractivity contribution in [2.75, 3.05) is 18.5 Å². The Morgan fingerprint density at radius 2 is 2.00 bits per heavy atom. The second-order valence-corrected chi connectivity index (χ2v) is 5.51. The Bertz CT molecular complexity index is 453. The van der Waals surface area contributed by atoms with E-state index in [1.165, 1.54) is 0 Å². The topological polar surface area (TPSA) is 64.3 Å². The van der Waals surface area contributed by atoms with Gasteiger partial charge in [0.25, 0.3) is 0 Å². The minimum absolute atomic E-state index is 0.0684. The first-order valence-electron chi connectivity index (χ1n) is 5.90. The van der Waals surface area contributed by atoms with Crippen LogP contribution in [0.2, 0.25) is 0 Å². The molecule has 2 atom stereocenters. The van der Waals surface area contributed by atoms with Gasteiger partial charge in [-0.25, -0.2) is 0 Å². The SMILES string of the molecule is Cc1cc(NC(=O)C2COCC2N)cc(C)c1Br. The van der Waals surface area contributed by atoms with Gasteiger partial charge in [-0.3, -0.25) is 4.79 Å². The lowest BCUT2D eigenvalue weighted by molar-refractivity contribution is -0.120. The Hall–Kier alpha value is -0.910. The van der Waals surface area contributed by atoms with Crippen LogP contribution in [0.25, 0.3) is 0 Å². The van der Waals surface area contributed by atoms with E-state index in [4.69, 9.17) is 10.5 Å². The van der Waals surface area contributed by atoms with Gasteiger partial charge in [0.15, 0.2) is 0 Å². The summed E-state index contributed by atoms with van der Waals surface area (Å²) >= 11 is 3.50. The molecule has 2 unspecified atom stereocenters. The van der Waals surface area contributed by atoms with Crippen LogP contribution in [0, 0.1) is 19.8 Å². The Balaban J connectivity index is 2.12. The molecule has 1 aromatic rings. The second kappa shape index (κ2) is 5.38. The van der Waals surface area contributed by atoms with Crippen LogP contribution in [-0.2, 0) is 9.53 Å². The molecule has 0 spiro atoms. The summed E-state index contributed by atoms with van der Waals surface area (Å²) in [5.41, 5.74) is 8.82. The van der Waals surface area contributed by atoms with Crippen molar-refractivity contribution in [2.45, 2.75) is 19.9 Å². The first kappa shape index (κ1) is 13.5. The highest BCUT2D eigenvalue weighted by Gasteiger charge is 2.31. The Morgan fingerprint density at radius 3 is 2.50 bits per heavy atom. The Morgan fingerprint density at radius 1 is 1.39 bits per heavy atom. The second-order valence-electron chi connectivity index (χ2n) is 4.72. The molecule has 1 amide bonds. The summed E-state index contributed by atoms with van der Waals surface area (Å²) in [6, 6.07) is 3.68. The average molecular weight is 313 g/mol. The lowest BCUT2D eigenvalue weighted by Crippen LogP contribution is -2.37. The molecule has 0 bridgehead atoms. The van der Waals surface area contributed by atoms with Crippen molar-refractivity contribution in [1.29, 1.82) is 0 Å². The highest BCUT2D eigenvalue weighted by atomic mass is 79.9. The van der Waals surface area contributed by atoms with Crippen LogP contribution in [0.1, 0.15) is 11.1 Å². The molecule has 3 N–H and O–H groups in total. The van der Waals surface area contributed by atoms with E-state index in [1.54, 1.807) is 0 Å². The number of benzene rings is 1. The first-order valence-corrected chi connectivity index (χ1v) is 6.69. The third kappa shape index (κ3) is 2.74. The van der Waals surface area contributed by atoms with Crippen LogP contribution in [0.3, 0.4) is 0 Å². The molecule has 1 aliphatic heterocycles. The van der Waals surface area contributed by atoms with Crippen LogP contribution in [0.4, 0.5) is 5.69 Å². The summed E-state index contributed by atoms with van der Waals surface area (Å²) in [7, 11) is 0. The number of hydrogen-bond acceptors (Lipinski definition) is 3. The number of rotatable bonds is 2. The largest absolute Gasteiger partial charge is 0.379 e. The predicted molar refractivity (Wildman–Crippen MR) is 74.5 cm³/mol. The van der Waals surface area contributed by atoms with Crippen molar-refractivity contribution in [3.8, 4) is 0 Å². The number of anilines is 1. The fourth-order valence-corrected chi connectivity index (χ4v) is 2.32. The van der Waals surface area contributed by atoms with Gasteiger partial charge in [0.05, 0.1) is 19.1 Å². The summed E-state index contributed by atoms with van der Waals surface area (Å²) in [4.78, 5) is 12.0. The minimum Gasteiger partial charge on any atom is -0.379 e. The molecular formula is C13H17BrN2O2. The number of amides is 1. The molecule has 5 heteroatoms. The summed E-state index contributed by atoms with van der Waals surface area (Å²) in [5, 5.41) is 2.90. The van der Waals surface area contributed by atoms with Gasteiger partial charge in [0.2, 0.25) is 5.91 Å². The molecule has 4 nitrogen and oxygen atoms in total. The molecule has 1 saturated heterocycles. The van der Waals surface area contributed by atoms with Crippen LogP contribution in [0.15, 0.2) is 16.6 Å².